The number of hydrogen-bond acceptors (Lipinski definition) is 5. The average molecular weight is 582 g/mol. The minimum atomic E-state index is -0.579. The van der Waals surface area contributed by atoms with E-state index >= 15 is 0 Å². The Morgan fingerprint density at radius 3 is 2.12 bits per heavy atom. The summed E-state index contributed by atoms with van der Waals surface area (Å²) < 4.78 is 11.5. The molecule has 1 heterocycles. The van der Waals surface area contributed by atoms with Crippen molar-refractivity contribution in [1.29, 1.82) is 0 Å². The number of ether oxygens (including phenoxy) is 2. The third-order valence-corrected chi connectivity index (χ3v) is 7.79. The van der Waals surface area contributed by atoms with Crippen molar-refractivity contribution in [2.45, 2.75) is 72.6 Å². The van der Waals surface area contributed by atoms with E-state index in [1.54, 1.807) is 18.2 Å². The van der Waals surface area contributed by atoms with Gasteiger partial charge in [-0.15, -0.1) is 0 Å². The highest BCUT2D eigenvalue weighted by molar-refractivity contribution is 6.22. The van der Waals surface area contributed by atoms with Crippen LogP contribution in [0.2, 0.25) is 0 Å². The smallest absolute Gasteiger partial charge is 0.343 e. The molecular formula is C37H43NO5. The van der Waals surface area contributed by atoms with Crippen LogP contribution in [0.15, 0.2) is 78.4 Å². The van der Waals surface area contributed by atoms with Gasteiger partial charge in [0.1, 0.15) is 11.5 Å². The number of hydrogen-bond donors (Lipinski definition) is 0. The minimum Gasteiger partial charge on any atom is -0.494 e. The predicted molar refractivity (Wildman–Crippen MR) is 171 cm³/mol. The number of amides is 2. The molecule has 43 heavy (non-hydrogen) atoms. The highest BCUT2D eigenvalue weighted by Crippen LogP contribution is 2.27. The van der Waals surface area contributed by atoms with Crippen molar-refractivity contribution in [3.8, 4) is 22.6 Å². The largest absolute Gasteiger partial charge is 0.494 e. The SMILES string of the molecule is CCCCCCN1C(=O)c2ccc(C(=O)Oc3ccc(-c4ccc(OCC[C@@H](C)CCC=C(C)C)cc4)cc3)cc2C1=O. The van der Waals surface area contributed by atoms with Gasteiger partial charge in [0, 0.05) is 6.54 Å². The first kappa shape index (κ1) is 31.7. The first-order valence-corrected chi connectivity index (χ1v) is 15.5. The van der Waals surface area contributed by atoms with Crippen LogP contribution in [0.5, 0.6) is 11.5 Å². The monoisotopic (exact) mass is 581 g/mol. The fourth-order valence-electron chi connectivity index (χ4n) is 5.12. The van der Waals surface area contributed by atoms with Crippen LogP contribution >= 0.6 is 0 Å². The number of imide groups is 1. The number of rotatable bonds is 15. The first-order chi connectivity index (χ1) is 20.8. The van der Waals surface area contributed by atoms with E-state index in [1.165, 1.54) is 29.0 Å². The van der Waals surface area contributed by atoms with Gasteiger partial charge in [0.05, 0.1) is 23.3 Å². The van der Waals surface area contributed by atoms with Gasteiger partial charge in [-0.1, -0.05) is 69.0 Å². The molecule has 226 valence electrons. The molecule has 0 aromatic heterocycles. The second kappa shape index (κ2) is 15.3. The summed E-state index contributed by atoms with van der Waals surface area (Å²) in [5.74, 6) is 0.633. The Morgan fingerprint density at radius 1 is 0.814 bits per heavy atom. The van der Waals surface area contributed by atoms with Crippen LogP contribution in [0.1, 0.15) is 104 Å². The molecule has 1 aliphatic rings. The van der Waals surface area contributed by atoms with E-state index in [0.29, 0.717) is 30.4 Å². The van der Waals surface area contributed by atoms with Gasteiger partial charge in [-0.05, 0) is 99.0 Å². The molecule has 0 saturated carbocycles. The maximum Gasteiger partial charge on any atom is 0.343 e. The molecule has 6 heteroatoms. The summed E-state index contributed by atoms with van der Waals surface area (Å²) in [6, 6.07) is 19.8. The molecule has 0 aliphatic carbocycles. The van der Waals surface area contributed by atoms with Crippen LogP contribution in [0.3, 0.4) is 0 Å². The average Bonchev–Trinajstić information content (AvgIpc) is 3.24. The van der Waals surface area contributed by atoms with Gasteiger partial charge in [0.15, 0.2) is 0 Å². The van der Waals surface area contributed by atoms with E-state index in [-0.39, 0.29) is 22.9 Å². The summed E-state index contributed by atoms with van der Waals surface area (Å²) in [7, 11) is 0. The number of unbranched alkanes of at least 4 members (excludes halogenated alkanes) is 3. The van der Waals surface area contributed by atoms with Gasteiger partial charge >= 0.3 is 5.97 Å². The molecule has 2 amide bonds. The van der Waals surface area contributed by atoms with E-state index in [0.717, 1.165) is 55.4 Å². The summed E-state index contributed by atoms with van der Waals surface area (Å²) >= 11 is 0. The first-order valence-electron chi connectivity index (χ1n) is 15.5. The zero-order valence-corrected chi connectivity index (χ0v) is 25.9. The van der Waals surface area contributed by atoms with Crippen LogP contribution in [-0.2, 0) is 0 Å². The molecule has 4 rings (SSSR count). The summed E-state index contributed by atoms with van der Waals surface area (Å²) in [6.45, 7) is 9.74. The predicted octanol–water partition coefficient (Wildman–Crippen LogP) is 8.90. The van der Waals surface area contributed by atoms with Gasteiger partial charge in [-0.3, -0.25) is 14.5 Å². The Morgan fingerprint density at radius 2 is 1.47 bits per heavy atom. The van der Waals surface area contributed by atoms with Gasteiger partial charge in [0.25, 0.3) is 11.8 Å². The van der Waals surface area contributed by atoms with Crippen molar-refractivity contribution >= 4 is 17.8 Å². The summed E-state index contributed by atoms with van der Waals surface area (Å²) in [5, 5.41) is 0. The Hall–Kier alpha value is -4.19. The van der Waals surface area contributed by atoms with Crippen LogP contribution < -0.4 is 9.47 Å². The number of fused-ring (bicyclic) bond motifs is 1. The number of carbonyl (C=O) groups is 3. The Bertz CT molecular complexity index is 1430. The highest BCUT2D eigenvalue weighted by atomic mass is 16.5. The molecule has 1 aliphatic heterocycles. The molecule has 0 fully saturated rings. The zero-order valence-electron chi connectivity index (χ0n) is 25.9. The summed E-state index contributed by atoms with van der Waals surface area (Å²) in [5.41, 5.74) is 4.21. The summed E-state index contributed by atoms with van der Waals surface area (Å²) in [4.78, 5) is 39.7. The quantitative estimate of drug-likeness (QED) is 0.0589. The topological polar surface area (TPSA) is 72.9 Å². The Kier molecular flexibility index (Phi) is 11.3. The zero-order chi connectivity index (χ0) is 30.8. The molecule has 0 spiro atoms. The van der Waals surface area contributed by atoms with Crippen molar-refractivity contribution in [2.75, 3.05) is 13.2 Å². The molecule has 1 atom stereocenters. The van der Waals surface area contributed by atoms with Crippen molar-refractivity contribution in [3.63, 3.8) is 0 Å². The molecule has 0 unspecified atom stereocenters. The van der Waals surface area contributed by atoms with E-state index in [9.17, 15) is 14.4 Å². The molecule has 0 saturated heterocycles. The number of nitrogens with zero attached hydrogens (tertiary/aromatic N) is 1. The van der Waals surface area contributed by atoms with Crippen LogP contribution in [-0.4, -0.2) is 35.8 Å². The van der Waals surface area contributed by atoms with Gasteiger partial charge in [-0.2, -0.15) is 0 Å². The minimum absolute atomic E-state index is 0.231. The number of esters is 1. The lowest BCUT2D eigenvalue weighted by atomic mass is 10.0. The third kappa shape index (κ3) is 8.66. The molecule has 0 bridgehead atoms. The van der Waals surface area contributed by atoms with Crippen LogP contribution in [0.25, 0.3) is 11.1 Å². The van der Waals surface area contributed by atoms with Crippen molar-refractivity contribution in [3.05, 3.63) is 95.1 Å². The van der Waals surface area contributed by atoms with Gasteiger partial charge < -0.3 is 9.47 Å². The fraction of sp³-hybridized carbons (Fsp3) is 0.378. The molecule has 6 nitrogen and oxygen atoms in total. The van der Waals surface area contributed by atoms with Crippen molar-refractivity contribution in [2.24, 2.45) is 5.92 Å². The normalized spacial score (nSPS) is 13.1. The molecular weight excluding hydrogens is 538 g/mol. The maximum absolute atomic E-state index is 12.9. The van der Waals surface area contributed by atoms with Crippen molar-refractivity contribution in [1.82, 2.24) is 4.90 Å². The van der Waals surface area contributed by atoms with E-state index in [4.69, 9.17) is 9.47 Å². The standard InChI is InChI=1S/C37H43NO5/c1-5-6-7-8-23-38-35(39)33-21-16-30(25-34(33)36(38)40)37(41)43-32-19-14-29(15-20-32)28-12-17-31(18-13-28)42-24-22-27(4)11-9-10-26(2)3/h10,12-21,25,27H,5-9,11,22-24H2,1-4H3/t27-/m0/s1. The van der Waals surface area contributed by atoms with Crippen LogP contribution in [0, 0.1) is 5.92 Å². The fourth-order valence-corrected chi connectivity index (χ4v) is 5.12. The van der Waals surface area contributed by atoms with Crippen molar-refractivity contribution < 1.29 is 23.9 Å². The van der Waals surface area contributed by atoms with Gasteiger partial charge in [-0.25, -0.2) is 4.79 Å². The molecule has 0 N–H and O–H groups in total. The second-order valence-corrected chi connectivity index (χ2v) is 11.6. The number of benzene rings is 3. The second-order valence-electron chi connectivity index (χ2n) is 11.6. The maximum atomic E-state index is 12.9. The lowest BCUT2D eigenvalue weighted by Gasteiger charge is -2.13. The molecule has 0 radical (unpaired) electrons. The van der Waals surface area contributed by atoms with Crippen LogP contribution in [0.4, 0.5) is 0 Å². The third-order valence-electron chi connectivity index (χ3n) is 7.79. The van der Waals surface area contributed by atoms with Gasteiger partial charge in [0.2, 0.25) is 0 Å². The Labute approximate surface area is 255 Å². The highest BCUT2D eigenvalue weighted by Gasteiger charge is 2.35. The molecule has 3 aromatic carbocycles. The molecule has 3 aromatic rings. The summed E-state index contributed by atoms with van der Waals surface area (Å²) in [6.07, 6.45) is 9.49. The number of carbonyl (C=O) groups excluding carboxylic acids is 3. The lowest BCUT2D eigenvalue weighted by molar-refractivity contribution is 0.0650. The number of allylic oxidation sites excluding steroid dienone is 2. The van der Waals surface area contributed by atoms with E-state index in [1.807, 2.05) is 36.4 Å². The Balaban J connectivity index is 1.29. The van der Waals surface area contributed by atoms with E-state index < -0.39 is 5.97 Å². The van der Waals surface area contributed by atoms with E-state index in [2.05, 4.69) is 33.8 Å². The lowest BCUT2D eigenvalue weighted by Crippen LogP contribution is -2.30.